The molecule has 0 saturated heterocycles. The molecule has 1 aromatic heterocycles. The van der Waals surface area contributed by atoms with Crippen molar-refractivity contribution < 1.29 is 14.3 Å². The van der Waals surface area contributed by atoms with E-state index in [0.29, 0.717) is 23.6 Å². The van der Waals surface area contributed by atoms with Gasteiger partial charge in [-0.2, -0.15) is 0 Å². The molecule has 5 heteroatoms. The molecule has 5 rings (SSSR count). The van der Waals surface area contributed by atoms with E-state index in [-0.39, 0.29) is 12.7 Å². The highest BCUT2D eigenvalue weighted by atomic mass is 16.7. The van der Waals surface area contributed by atoms with Crippen LogP contribution in [0.15, 0.2) is 48.5 Å². The Kier molecular flexibility index (Phi) is 2.42. The molecule has 2 aliphatic heterocycles. The van der Waals surface area contributed by atoms with Crippen molar-refractivity contribution in [1.82, 2.24) is 4.98 Å². The van der Waals surface area contributed by atoms with Crippen LogP contribution in [0.1, 0.15) is 16.1 Å². The number of anilines is 1. The van der Waals surface area contributed by atoms with Crippen LogP contribution >= 0.6 is 0 Å². The average Bonchev–Trinajstić information content (AvgIpc) is 3.17. The lowest BCUT2D eigenvalue weighted by atomic mass is 10.1. The number of carbonyl (C=O) groups excluding carboxylic acids is 1. The van der Waals surface area contributed by atoms with Crippen LogP contribution in [0.25, 0.3) is 10.9 Å². The highest BCUT2D eigenvalue weighted by molar-refractivity contribution is 6.11. The van der Waals surface area contributed by atoms with Crippen LogP contribution in [-0.4, -0.2) is 17.7 Å². The number of benzene rings is 2. The maximum atomic E-state index is 12.8. The van der Waals surface area contributed by atoms with E-state index < -0.39 is 0 Å². The lowest BCUT2D eigenvalue weighted by Gasteiger charge is -2.15. The van der Waals surface area contributed by atoms with Gasteiger partial charge in [-0.15, -0.1) is 0 Å². The molecule has 2 aromatic carbocycles. The molecule has 0 saturated carbocycles. The van der Waals surface area contributed by atoms with E-state index in [9.17, 15) is 4.79 Å². The van der Waals surface area contributed by atoms with Crippen LogP contribution in [0.2, 0.25) is 0 Å². The van der Waals surface area contributed by atoms with Crippen molar-refractivity contribution in [3.63, 3.8) is 0 Å². The number of carbonyl (C=O) groups is 1. The topological polar surface area (TPSA) is 51.7 Å². The average molecular weight is 304 g/mol. The highest BCUT2D eigenvalue weighted by Crippen LogP contribution is 2.38. The molecule has 0 unspecified atom stereocenters. The second-order valence-corrected chi connectivity index (χ2v) is 5.60. The molecule has 112 valence electrons. The van der Waals surface area contributed by atoms with Gasteiger partial charge in [-0.3, -0.25) is 9.78 Å². The van der Waals surface area contributed by atoms with Gasteiger partial charge < -0.3 is 14.4 Å². The van der Waals surface area contributed by atoms with Gasteiger partial charge in [0.15, 0.2) is 11.5 Å². The molecule has 3 aromatic rings. The quantitative estimate of drug-likeness (QED) is 0.693. The summed E-state index contributed by atoms with van der Waals surface area (Å²) in [6.45, 7) is 0.693. The number of pyridine rings is 1. The van der Waals surface area contributed by atoms with Crippen LogP contribution in [-0.2, 0) is 6.54 Å². The van der Waals surface area contributed by atoms with Gasteiger partial charge in [0, 0.05) is 17.1 Å². The third-order valence-corrected chi connectivity index (χ3v) is 4.25. The molecule has 0 radical (unpaired) electrons. The number of amides is 1. The van der Waals surface area contributed by atoms with Crippen molar-refractivity contribution in [2.24, 2.45) is 0 Å². The second kappa shape index (κ2) is 4.46. The molecule has 0 bridgehead atoms. The van der Waals surface area contributed by atoms with Crippen molar-refractivity contribution in [3.8, 4) is 11.5 Å². The fourth-order valence-electron chi connectivity index (χ4n) is 3.09. The fourth-order valence-corrected chi connectivity index (χ4v) is 3.09. The number of rotatable bonds is 1. The molecule has 3 heterocycles. The number of fused-ring (bicyclic) bond motifs is 3. The minimum atomic E-state index is -0.0304. The number of ether oxygens (including phenoxy) is 2. The van der Waals surface area contributed by atoms with E-state index in [2.05, 4.69) is 4.98 Å². The summed E-state index contributed by atoms with van der Waals surface area (Å²) in [5.41, 5.74) is 3.18. The number of hydrogen-bond acceptors (Lipinski definition) is 4. The Morgan fingerprint density at radius 2 is 1.87 bits per heavy atom. The molecule has 23 heavy (non-hydrogen) atoms. The van der Waals surface area contributed by atoms with Crippen LogP contribution in [0.3, 0.4) is 0 Å². The van der Waals surface area contributed by atoms with Crippen LogP contribution in [0, 0.1) is 0 Å². The smallest absolute Gasteiger partial charge is 0.260 e. The fraction of sp³-hybridized carbons (Fsp3) is 0.111. The Bertz CT molecular complexity index is 968. The first kappa shape index (κ1) is 12.5. The van der Waals surface area contributed by atoms with Gasteiger partial charge in [0.1, 0.15) is 0 Å². The molecular weight excluding hydrogens is 292 g/mol. The van der Waals surface area contributed by atoms with Gasteiger partial charge in [0.25, 0.3) is 5.91 Å². The Morgan fingerprint density at radius 1 is 1.00 bits per heavy atom. The molecule has 0 spiro atoms. The van der Waals surface area contributed by atoms with E-state index in [4.69, 9.17) is 9.47 Å². The molecule has 0 aliphatic carbocycles. The SMILES string of the molecule is O=C1c2cc3ccccc3nc2CN1c1ccc2c(c1)OCO2. The summed E-state index contributed by atoms with van der Waals surface area (Å²) in [4.78, 5) is 19.1. The van der Waals surface area contributed by atoms with Crippen molar-refractivity contribution in [2.45, 2.75) is 6.54 Å². The zero-order chi connectivity index (χ0) is 15.4. The zero-order valence-electron chi connectivity index (χ0n) is 12.2. The van der Waals surface area contributed by atoms with Crippen molar-refractivity contribution in [3.05, 3.63) is 59.8 Å². The third kappa shape index (κ3) is 1.80. The first-order valence-corrected chi connectivity index (χ1v) is 7.40. The molecule has 0 N–H and O–H groups in total. The Balaban J connectivity index is 1.59. The largest absolute Gasteiger partial charge is 0.454 e. The van der Waals surface area contributed by atoms with Crippen molar-refractivity contribution >= 4 is 22.5 Å². The standard InChI is InChI=1S/C18H12N2O3/c21-18-13-7-11-3-1-2-4-14(11)19-15(13)9-20(18)12-5-6-16-17(8-12)23-10-22-16/h1-8H,9-10H2. The lowest BCUT2D eigenvalue weighted by Crippen LogP contribution is -2.22. The Hall–Kier alpha value is -3.08. The summed E-state index contributed by atoms with van der Waals surface area (Å²) in [5, 5.41) is 0.979. The summed E-state index contributed by atoms with van der Waals surface area (Å²) in [6.07, 6.45) is 0. The summed E-state index contributed by atoms with van der Waals surface area (Å²) in [5.74, 6) is 1.35. The molecule has 5 nitrogen and oxygen atoms in total. The summed E-state index contributed by atoms with van der Waals surface area (Å²) in [7, 11) is 0. The lowest BCUT2D eigenvalue weighted by molar-refractivity contribution is 0.0996. The highest BCUT2D eigenvalue weighted by Gasteiger charge is 2.31. The van der Waals surface area contributed by atoms with Crippen LogP contribution < -0.4 is 14.4 Å². The number of para-hydroxylation sites is 1. The first-order valence-electron chi connectivity index (χ1n) is 7.40. The van der Waals surface area contributed by atoms with Gasteiger partial charge in [-0.1, -0.05) is 18.2 Å². The third-order valence-electron chi connectivity index (χ3n) is 4.25. The van der Waals surface area contributed by atoms with Crippen LogP contribution in [0.5, 0.6) is 11.5 Å². The van der Waals surface area contributed by atoms with Gasteiger partial charge in [-0.25, -0.2) is 0 Å². The summed E-state index contributed by atoms with van der Waals surface area (Å²) in [6, 6.07) is 15.3. The predicted molar refractivity (Wildman–Crippen MR) is 84.8 cm³/mol. The molecule has 0 atom stereocenters. The molecule has 0 fully saturated rings. The number of nitrogens with zero attached hydrogens (tertiary/aromatic N) is 2. The van der Waals surface area contributed by atoms with E-state index in [1.165, 1.54) is 0 Å². The van der Waals surface area contributed by atoms with Gasteiger partial charge in [-0.05, 0) is 24.3 Å². The number of hydrogen-bond donors (Lipinski definition) is 0. The maximum absolute atomic E-state index is 12.8. The minimum absolute atomic E-state index is 0.0304. The summed E-state index contributed by atoms with van der Waals surface area (Å²) >= 11 is 0. The number of aromatic nitrogens is 1. The molecule has 2 aliphatic rings. The summed E-state index contributed by atoms with van der Waals surface area (Å²) < 4.78 is 10.7. The minimum Gasteiger partial charge on any atom is -0.454 e. The predicted octanol–water partition coefficient (Wildman–Crippen LogP) is 3.12. The van der Waals surface area contributed by atoms with E-state index in [0.717, 1.165) is 22.3 Å². The normalized spacial score (nSPS) is 15.3. The molecular formula is C18H12N2O3. The van der Waals surface area contributed by atoms with Crippen LogP contribution in [0.4, 0.5) is 5.69 Å². The van der Waals surface area contributed by atoms with Gasteiger partial charge in [0.2, 0.25) is 6.79 Å². The maximum Gasteiger partial charge on any atom is 0.260 e. The van der Waals surface area contributed by atoms with Gasteiger partial charge in [0.05, 0.1) is 23.3 Å². The Morgan fingerprint density at radius 3 is 2.83 bits per heavy atom. The van der Waals surface area contributed by atoms with Gasteiger partial charge >= 0.3 is 0 Å². The first-order chi connectivity index (χ1) is 11.3. The second-order valence-electron chi connectivity index (χ2n) is 5.60. The molecule has 1 amide bonds. The monoisotopic (exact) mass is 304 g/mol. The Labute approximate surface area is 132 Å². The zero-order valence-corrected chi connectivity index (χ0v) is 12.2. The van der Waals surface area contributed by atoms with Crippen molar-refractivity contribution in [1.29, 1.82) is 0 Å². The van der Waals surface area contributed by atoms with Crippen molar-refractivity contribution in [2.75, 3.05) is 11.7 Å². The van der Waals surface area contributed by atoms with E-state index in [1.54, 1.807) is 4.90 Å². The van der Waals surface area contributed by atoms with E-state index in [1.807, 2.05) is 48.5 Å². The van der Waals surface area contributed by atoms with E-state index >= 15 is 0 Å².